The second-order valence-corrected chi connectivity index (χ2v) is 6.96. The molecule has 0 aromatic carbocycles. The zero-order chi connectivity index (χ0) is 19.7. The van der Waals surface area contributed by atoms with Gasteiger partial charge in [0.05, 0.1) is 12.0 Å². The van der Waals surface area contributed by atoms with Crippen molar-refractivity contribution in [1.82, 2.24) is 14.5 Å². The molecule has 8 nitrogen and oxygen atoms in total. The number of nitrogens with zero attached hydrogens (tertiary/aromatic N) is 2. The highest BCUT2D eigenvalue weighted by molar-refractivity contribution is 7.20. The van der Waals surface area contributed by atoms with E-state index < -0.39 is 18.0 Å². The van der Waals surface area contributed by atoms with Crippen molar-refractivity contribution < 1.29 is 19.1 Å². The van der Waals surface area contributed by atoms with Gasteiger partial charge in [-0.15, -0.1) is 11.3 Å². The Balaban J connectivity index is 1.93. The number of aromatic amines is 1. The lowest BCUT2D eigenvalue weighted by atomic mass is 10.2. The fourth-order valence-corrected chi connectivity index (χ4v) is 3.78. The highest BCUT2D eigenvalue weighted by Crippen LogP contribution is 2.28. The van der Waals surface area contributed by atoms with Crippen molar-refractivity contribution >= 4 is 33.5 Å². The molecule has 3 heterocycles. The van der Waals surface area contributed by atoms with Crippen molar-refractivity contribution in [2.75, 3.05) is 6.61 Å². The van der Waals surface area contributed by atoms with E-state index in [1.807, 2.05) is 0 Å². The summed E-state index contributed by atoms with van der Waals surface area (Å²) in [4.78, 5) is 44.6. The quantitative estimate of drug-likeness (QED) is 0.673. The lowest BCUT2D eigenvalue weighted by Gasteiger charge is -2.12. The molecule has 27 heavy (non-hydrogen) atoms. The Bertz CT molecular complexity index is 1080. The van der Waals surface area contributed by atoms with Gasteiger partial charge in [0.1, 0.15) is 15.4 Å². The Labute approximate surface area is 158 Å². The van der Waals surface area contributed by atoms with Gasteiger partial charge in [-0.2, -0.15) is 0 Å². The first-order chi connectivity index (χ1) is 12.8. The van der Waals surface area contributed by atoms with Crippen LogP contribution in [0.15, 0.2) is 23.1 Å². The van der Waals surface area contributed by atoms with Crippen molar-refractivity contribution in [3.63, 3.8) is 0 Å². The maximum absolute atomic E-state index is 12.5. The lowest BCUT2D eigenvalue weighted by molar-refractivity contribution is 0.0308. The molecular formula is C18H19N3O5S. The van der Waals surface area contributed by atoms with E-state index in [1.165, 1.54) is 0 Å². The van der Waals surface area contributed by atoms with Gasteiger partial charge in [-0.25, -0.2) is 14.6 Å². The van der Waals surface area contributed by atoms with Crippen LogP contribution < -0.4 is 5.56 Å². The number of rotatable bonds is 5. The van der Waals surface area contributed by atoms with E-state index >= 15 is 0 Å². The topological polar surface area (TPSA) is 103 Å². The number of hydrogen-bond acceptors (Lipinski definition) is 7. The summed E-state index contributed by atoms with van der Waals surface area (Å²) < 4.78 is 12.1. The Kier molecular flexibility index (Phi) is 5.13. The van der Waals surface area contributed by atoms with E-state index in [-0.39, 0.29) is 18.0 Å². The predicted molar refractivity (Wildman–Crippen MR) is 100 cm³/mol. The Morgan fingerprint density at radius 2 is 2.11 bits per heavy atom. The van der Waals surface area contributed by atoms with Crippen molar-refractivity contribution in [3.05, 3.63) is 50.6 Å². The number of H-pyrrole nitrogens is 1. The summed E-state index contributed by atoms with van der Waals surface area (Å²) in [6, 6.07) is 3.38. The maximum Gasteiger partial charge on any atom is 0.355 e. The van der Waals surface area contributed by atoms with Gasteiger partial charge in [0, 0.05) is 13.2 Å². The number of aromatic nitrogens is 3. The number of esters is 2. The molecule has 0 aliphatic carbocycles. The van der Waals surface area contributed by atoms with Gasteiger partial charge in [0.2, 0.25) is 0 Å². The Morgan fingerprint density at radius 1 is 1.37 bits per heavy atom. The molecule has 0 radical (unpaired) electrons. The predicted octanol–water partition coefficient (Wildman–Crippen LogP) is 2.73. The summed E-state index contributed by atoms with van der Waals surface area (Å²) in [5.74, 6) is -0.791. The number of thiophene rings is 1. The van der Waals surface area contributed by atoms with E-state index in [2.05, 4.69) is 9.97 Å². The third-order valence-corrected chi connectivity index (χ3v) is 5.27. The summed E-state index contributed by atoms with van der Waals surface area (Å²) in [6.07, 6.45) is 0.969. The first-order valence-electron chi connectivity index (χ1n) is 8.36. The van der Waals surface area contributed by atoms with Crippen LogP contribution in [0.1, 0.15) is 51.5 Å². The molecule has 9 heteroatoms. The molecule has 0 aliphatic heterocycles. The molecular weight excluding hydrogens is 370 g/mol. The van der Waals surface area contributed by atoms with Gasteiger partial charge in [-0.1, -0.05) is 0 Å². The molecule has 142 valence electrons. The van der Waals surface area contributed by atoms with E-state index in [1.54, 1.807) is 50.7 Å². The van der Waals surface area contributed by atoms with Crippen LogP contribution in [0.4, 0.5) is 0 Å². The minimum Gasteiger partial charge on any atom is -0.462 e. The third-order valence-electron chi connectivity index (χ3n) is 4.10. The minimum atomic E-state index is -0.766. The maximum atomic E-state index is 12.5. The number of carbonyl (C=O) groups excluding carboxylic acids is 2. The normalized spacial score (nSPS) is 12.1. The first-order valence-corrected chi connectivity index (χ1v) is 9.17. The van der Waals surface area contributed by atoms with Crippen LogP contribution >= 0.6 is 11.3 Å². The molecule has 0 fully saturated rings. The molecule has 1 unspecified atom stereocenters. The molecule has 0 spiro atoms. The van der Waals surface area contributed by atoms with Crippen molar-refractivity contribution in [2.24, 2.45) is 7.05 Å². The van der Waals surface area contributed by atoms with Crippen molar-refractivity contribution in [1.29, 1.82) is 0 Å². The molecule has 1 N–H and O–H groups in total. The fraction of sp³-hybridized carbons (Fsp3) is 0.333. The molecule has 0 aliphatic rings. The van der Waals surface area contributed by atoms with E-state index in [0.29, 0.717) is 26.4 Å². The van der Waals surface area contributed by atoms with Gasteiger partial charge in [0.15, 0.2) is 11.9 Å². The van der Waals surface area contributed by atoms with Crippen LogP contribution in [-0.4, -0.2) is 33.1 Å². The second-order valence-electron chi connectivity index (χ2n) is 5.96. The van der Waals surface area contributed by atoms with Crippen LogP contribution in [-0.2, 0) is 16.5 Å². The number of ether oxygens (including phenoxy) is 2. The van der Waals surface area contributed by atoms with Gasteiger partial charge in [-0.3, -0.25) is 4.79 Å². The first kappa shape index (κ1) is 18.8. The van der Waals surface area contributed by atoms with Gasteiger partial charge in [0.25, 0.3) is 5.56 Å². The number of hydrogen-bond donors (Lipinski definition) is 1. The monoisotopic (exact) mass is 389 g/mol. The van der Waals surface area contributed by atoms with Gasteiger partial charge < -0.3 is 19.0 Å². The second kappa shape index (κ2) is 7.36. The highest BCUT2D eigenvalue weighted by Gasteiger charge is 2.23. The molecule has 0 saturated carbocycles. The van der Waals surface area contributed by atoms with Crippen LogP contribution in [0, 0.1) is 6.92 Å². The summed E-state index contributed by atoms with van der Waals surface area (Å²) in [7, 11) is 1.73. The van der Waals surface area contributed by atoms with Crippen molar-refractivity contribution in [2.45, 2.75) is 26.9 Å². The molecule has 0 amide bonds. The average Bonchev–Trinajstić information content (AvgIpc) is 3.18. The summed E-state index contributed by atoms with van der Waals surface area (Å²) >= 11 is 1.09. The molecule has 3 rings (SSSR count). The molecule has 0 saturated heterocycles. The molecule has 0 bridgehead atoms. The minimum absolute atomic E-state index is 0.215. The standard InChI is InChI=1S/C18H19N3O5S/c1-5-25-18(24)13-9(2)12-15(22)19-14(20-16(12)27-13)10(3)26-17(23)11-7-6-8-21(11)4/h6-8,10H,5H2,1-4H3,(H,19,20,22). The Morgan fingerprint density at radius 3 is 2.74 bits per heavy atom. The number of aryl methyl sites for hydroxylation is 2. The summed E-state index contributed by atoms with van der Waals surface area (Å²) in [6.45, 7) is 5.26. The number of carbonyl (C=O) groups is 2. The Hall–Kier alpha value is -2.94. The molecule has 1 atom stereocenters. The lowest BCUT2D eigenvalue weighted by Crippen LogP contribution is -2.18. The zero-order valence-electron chi connectivity index (χ0n) is 15.4. The van der Waals surface area contributed by atoms with Gasteiger partial charge in [-0.05, 0) is 38.5 Å². The average molecular weight is 389 g/mol. The SMILES string of the molecule is CCOC(=O)c1sc2nc(C(C)OC(=O)c3cccn3C)[nH]c(=O)c2c1C. The smallest absolute Gasteiger partial charge is 0.355 e. The van der Waals surface area contributed by atoms with Crippen LogP contribution in [0.3, 0.4) is 0 Å². The van der Waals surface area contributed by atoms with Crippen LogP contribution in [0.5, 0.6) is 0 Å². The highest BCUT2D eigenvalue weighted by atomic mass is 32.1. The van der Waals surface area contributed by atoms with Gasteiger partial charge >= 0.3 is 11.9 Å². The summed E-state index contributed by atoms with van der Waals surface area (Å²) in [5, 5.41) is 0.341. The largest absolute Gasteiger partial charge is 0.462 e. The third kappa shape index (κ3) is 3.50. The molecule has 3 aromatic rings. The summed E-state index contributed by atoms with van der Waals surface area (Å²) in [5.41, 5.74) is 0.533. The number of nitrogens with one attached hydrogen (secondary N) is 1. The molecule has 3 aromatic heterocycles. The number of fused-ring (bicyclic) bond motifs is 1. The fourth-order valence-electron chi connectivity index (χ4n) is 2.69. The van der Waals surface area contributed by atoms with Crippen LogP contribution in [0.2, 0.25) is 0 Å². The van der Waals surface area contributed by atoms with E-state index in [9.17, 15) is 14.4 Å². The van der Waals surface area contributed by atoms with Crippen molar-refractivity contribution in [3.8, 4) is 0 Å². The van der Waals surface area contributed by atoms with Crippen LogP contribution in [0.25, 0.3) is 10.2 Å². The van der Waals surface area contributed by atoms with E-state index in [4.69, 9.17) is 9.47 Å². The zero-order valence-corrected chi connectivity index (χ0v) is 16.2. The van der Waals surface area contributed by atoms with E-state index in [0.717, 1.165) is 11.3 Å².